The number of rotatable bonds is 2. The molecule has 1 aromatic rings. The van der Waals surface area contributed by atoms with E-state index in [0.717, 1.165) is 18.9 Å². The predicted octanol–water partition coefficient (Wildman–Crippen LogP) is 2.07. The summed E-state index contributed by atoms with van der Waals surface area (Å²) >= 11 is 1.87. The second-order valence-electron chi connectivity index (χ2n) is 3.25. The highest BCUT2D eigenvalue weighted by molar-refractivity contribution is 8.00. The van der Waals surface area contributed by atoms with Crippen LogP contribution in [0.3, 0.4) is 0 Å². The molecule has 0 aromatic heterocycles. The van der Waals surface area contributed by atoms with Crippen LogP contribution in [0.1, 0.15) is 5.56 Å². The first-order valence-electron chi connectivity index (χ1n) is 4.37. The van der Waals surface area contributed by atoms with Gasteiger partial charge in [0.1, 0.15) is 0 Å². The smallest absolute Gasteiger partial charge is 0.0611 e. The summed E-state index contributed by atoms with van der Waals surface area (Å²) in [5.41, 5.74) is 7.88. The molecule has 0 aliphatic carbocycles. The molecule has 2 nitrogen and oxygen atoms in total. The highest BCUT2D eigenvalue weighted by Gasteiger charge is 2.20. The molecule has 13 heavy (non-hydrogen) atoms. The Bertz CT molecular complexity index is 310. The van der Waals surface area contributed by atoms with Gasteiger partial charge >= 0.3 is 0 Å². The lowest BCUT2D eigenvalue weighted by Crippen LogP contribution is -2.30. The molecular weight excluding hydrogens is 182 g/mol. The first kappa shape index (κ1) is 8.91. The maximum absolute atomic E-state index is 5.81. The highest BCUT2D eigenvalue weighted by Crippen LogP contribution is 2.32. The summed E-state index contributed by atoms with van der Waals surface area (Å²) < 4.78 is 5.13. The average molecular weight is 195 g/mol. The second-order valence-corrected chi connectivity index (χ2v) is 4.59. The lowest BCUT2D eigenvalue weighted by atomic mass is 10.2. The Hall–Kier alpha value is -0.670. The van der Waals surface area contributed by atoms with Crippen molar-refractivity contribution in [1.82, 2.24) is 0 Å². The molecule has 1 saturated heterocycles. The molecule has 0 spiro atoms. The number of ether oxygens (including phenoxy) is 1. The quantitative estimate of drug-likeness (QED) is 0.734. The van der Waals surface area contributed by atoms with E-state index < -0.39 is 0 Å². The third-order valence-corrected chi connectivity index (χ3v) is 3.53. The molecule has 0 amide bonds. The monoisotopic (exact) mass is 195 g/mol. The van der Waals surface area contributed by atoms with Gasteiger partial charge in [0.2, 0.25) is 0 Å². The van der Waals surface area contributed by atoms with Crippen molar-refractivity contribution in [2.75, 3.05) is 18.9 Å². The van der Waals surface area contributed by atoms with E-state index in [2.05, 4.69) is 13.0 Å². The van der Waals surface area contributed by atoms with Gasteiger partial charge in [0.05, 0.1) is 18.5 Å². The standard InChI is InChI=1S/C10H13NOS/c1-7-9(11)3-2-4-10(7)13-8-5-12-6-8/h2-4,8H,5-6,11H2,1H3. The third-order valence-electron chi connectivity index (χ3n) is 2.23. The fourth-order valence-electron chi connectivity index (χ4n) is 1.22. The van der Waals surface area contributed by atoms with Gasteiger partial charge in [0, 0.05) is 10.6 Å². The van der Waals surface area contributed by atoms with Gasteiger partial charge in [-0.15, -0.1) is 11.8 Å². The largest absolute Gasteiger partial charge is 0.398 e. The van der Waals surface area contributed by atoms with Crippen LogP contribution in [-0.2, 0) is 4.74 Å². The number of benzene rings is 1. The number of nitrogen functional groups attached to an aromatic ring is 1. The molecule has 1 aromatic carbocycles. The van der Waals surface area contributed by atoms with E-state index in [4.69, 9.17) is 10.5 Å². The molecule has 0 radical (unpaired) electrons. The Morgan fingerprint density at radius 2 is 2.23 bits per heavy atom. The molecule has 70 valence electrons. The third kappa shape index (κ3) is 1.81. The van der Waals surface area contributed by atoms with Gasteiger partial charge in [-0.1, -0.05) is 6.07 Å². The number of anilines is 1. The van der Waals surface area contributed by atoms with Crippen molar-refractivity contribution in [3.63, 3.8) is 0 Å². The number of thioether (sulfide) groups is 1. The Balaban J connectivity index is 2.14. The number of hydrogen-bond acceptors (Lipinski definition) is 3. The van der Waals surface area contributed by atoms with Crippen molar-refractivity contribution in [3.8, 4) is 0 Å². The zero-order chi connectivity index (χ0) is 9.26. The summed E-state index contributed by atoms with van der Waals surface area (Å²) in [5.74, 6) is 0. The van der Waals surface area contributed by atoms with Gasteiger partial charge in [0.25, 0.3) is 0 Å². The topological polar surface area (TPSA) is 35.2 Å². The van der Waals surface area contributed by atoms with Crippen molar-refractivity contribution in [2.24, 2.45) is 0 Å². The van der Waals surface area contributed by atoms with Crippen LogP contribution in [0.4, 0.5) is 5.69 Å². The molecule has 2 rings (SSSR count). The zero-order valence-corrected chi connectivity index (χ0v) is 8.43. The van der Waals surface area contributed by atoms with Gasteiger partial charge in [-0.05, 0) is 24.6 Å². The second kappa shape index (κ2) is 3.60. The molecule has 1 fully saturated rings. The summed E-state index contributed by atoms with van der Waals surface area (Å²) in [7, 11) is 0. The number of hydrogen-bond donors (Lipinski definition) is 1. The molecule has 1 aliphatic heterocycles. The van der Waals surface area contributed by atoms with Gasteiger partial charge in [-0.3, -0.25) is 0 Å². The Kier molecular flexibility index (Phi) is 2.47. The fourth-order valence-corrected chi connectivity index (χ4v) is 2.36. The van der Waals surface area contributed by atoms with E-state index in [1.807, 2.05) is 23.9 Å². The van der Waals surface area contributed by atoms with Gasteiger partial charge in [0.15, 0.2) is 0 Å². The van der Waals surface area contributed by atoms with Crippen LogP contribution >= 0.6 is 11.8 Å². The molecule has 0 atom stereocenters. The minimum Gasteiger partial charge on any atom is -0.398 e. The molecule has 0 bridgehead atoms. The predicted molar refractivity (Wildman–Crippen MR) is 56.1 cm³/mol. The van der Waals surface area contributed by atoms with Gasteiger partial charge in [-0.2, -0.15) is 0 Å². The van der Waals surface area contributed by atoms with Crippen molar-refractivity contribution in [2.45, 2.75) is 17.1 Å². The fraction of sp³-hybridized carbons (Fsp3) is 0.400. The van der Waals surface area contributed by atoms with Crippen LogP contribution in [0.5, 0.6) is 0 Å². The van der Waals surface area contributed by atoms with Crippen molar-refractivity contribution >= 4 is 17.4 Å². The zero-order valence-electron chi connectivity index (χ0n) is 7.62. The Morgan fingerprint density at radius 3 is 2.85 bits per heavy atom. The first-order valence-corrected chi connectivity index (χ1v) is 5.25. The number of nitrogens with two attached hydrogens (primary N) is 1. The Labute approximate surface area is 82.5 Å². The van der Waals surface area contributed by atoms with E-state index in [1.54, 1.807) is 0 Å². The van der Waals surface area contributed by atoms with Crippen LogP contribution in [0.2, 0.25) is 0 Å². The molecule has 3 heteroatoms. The van der Waals surface area contributed by atoms with Gasteiger partial charge < -0.3 is 10.5 Å². The van der Waals surface area contributed by atoms with Crippen LogP contribution in [0, 0.1) is 6.92 Å². The molecule has 1 heterocycles. The lowest BCUT2D eigenvalue weighted by molar-refractivity contribution is 0.0455. The Morgan fingerprint density at radius 1 is 1.46 bits per heavy atom. The van der Waals surface area contributed by atoms with Crippen LogP contribution in [0.15, 0.2) is 23.1 Å². The van der Waals surface area contributed by atoms with E-state index in [9.17, 15) is 0 Å². The highest BCUT2D eigenvalue weighted by atomic mass is 32.2. The van der Waals surface area contributed by atoms with Crippen LogP contribution in [-0.4, -0.2) is 18.5 Å². The van der Waals surface area contributed by atoms with E-state index in [1.165, 1.54) is 10.5 Å². The normalized spacial score (nSPS) is 17.0. The maximum Gasteiger partial charge on any atom is 0.0611 e. The minimum atomic E-state index is 0.625. The van der Waals surface area contributed by atoms with Crippen LogP contribution < -0.4 is 5.73 Å². The van der Waals surface area contributed by atoms with E-state index in [0.29, 0.717) is 5.25 Å². The van der Waals surface area contributed by atoms with Crippen molar-refractivity contribution in [3.05, 3.63) is 23.8 Å². The van der Waals surface area contributed by atoms with Crippen LogP contribution in [0.25, 0.3) is 0 Å². The van der Waals surface area contributed by atoms with Crippen molar-refractivity contribution in [1.29, 1.82) is 0 Å². The molecular formula is C10H13NOS. The summed E-state index contributed by atoms with van der Waals surface area (Å²) in [5, 5.41) is 0.625. The summed E-state index contributed by atoms with van der Waals surface area (Å²) in [6.07, 6.45) is 0. The summed E-state index contributed by atoms with van der Waals surface area (Å²) in [6.45, 7) is 3.81. The minimum absolute atomic E-state index is 0.625. The lowest BCUT2D eigenvalue weighted by Gasteiger charge is -2.25. The average Bonchev–Trinajstić information content (AvgIpc) is 2.04. The summed E-state index contributed by atoms with van der Waals surface area (Å²) in [4.78, 5) is 1.29. The molecule has 0 saturated carbocycles. The molecule has 2 N–H and O–H groups in total. The SMILES string of the molecule is Cc1c(N)cccc1SC1COC1. The summed E-state index contributed by atoms with van der Waals surface area (Å²) in [6, 6.07) is 6.07. The maximum atomic E-state index is 5.81. The van der Waals surface area contributed by atoms with E-state index >= 15 is 0 Å². The van der Waals surface area contributed by atoms with Gasteiger partial charge in [-0.25, -0.2) is 0 Å². The van der Waals surface area contributed by atoms with Crippen molar-refractivity contribution < 1.29 is 4.74 Å². The molecule has 0 unspecified atom stereocenters. The first-order chi connectivity index (χ1) is 6.27. The van der Waals surface area contributed by atoms with E-state index in [-0.39, 0.29) is 0 Å². The molecule has 1 aliphatic rings.